The fraction of sp³-hybridized carbons (Fsp3) is 0.238. The van der Waals surface area contributed by atoms with Crippen LogP contribution >= 0.6 is 0 Å². The summed E-state index contributed by atoms with van der Waals surface area (Å²) in [4.78, 5) is 12.5. The van der Waals surface area contributed by atoms with Gasteiger partial charge in [0, 0.05) is 5.56 Å². The van der Waals surface area contributed by atoms with E-state index >= 15 is 0 Å². The van der Waals surface area contributed by atoms with Crippen molar-refractivity contribution in [1.29, 1.82) is 0 Å². The first-order valence-corrected chi connectivity index (χ1v) is 11.4. The Morgan fingerprint density at radius 3 is 2.35 bits per heavy atom. The Bertz CT molecular complexity index is 1210. The molecule has 1 aromatic heterocycles. The summed E-state index contributed by atoms with van der Waals surface area (Å²) in [5, 5.41) is 7.03. The standard InChI is InChI=1S/C21H20FN3O5S/c1-2-29-16-7-9-17(10-8-16)30-11-20(26)23-21-18-12-31(27,28)13-19(18)24-25(21)15-5-3-14(22)4-6-15/h3-10H,2,11-13H2,1H3,(H,23,26). The maximum Gasteiger partial charge on any atom is 0.263 e. The van der Waals surface area contributed by atoms with Crippen LogP contribution in [0.3, 0.4) is 0 Å². The Morgan fingerprint density at radius 2 is 1.71 bits per heavy atom. The lowest BCUT2D eigenvalue weighted by atomic mass is 10.2. The topological polar surface area (TPSA) is 99.5 Å². The summed E-state index contributed by atoms with van der Waals surface area (Å²) in [6.45, 7) is 2.14. The number of rotatable bonds is 7. The van der Waals surface area contributed by atoms with Gasteiger partial charge in [0.05, 0.1) is 29.5 Å². The Kier molecular flexibility index (Phi) is 5.64. The molecule has 162 valence electrons. The second-order valence-electron chi connectivity index (χ2n) is 6.94. The van der Waals surface area contributed by atoms with E-state index in [-0.39, 0.29) is 23.9 Å². The van der Waals surface area contributed by atoms with E-state index in [1.54, 1.807) is 24.3 Å². The molecule has 0 spiro atoms. The summed E-state index contributed by atoms with van der Waals surface area (Å²) >= 11 is 0. The number of fused-ring (bicyclic) bond motifs is 1. The van der Waals surface area contributed by atoms with E-state index in [1.807, 2.05) is 6.92 Å². The van der Waals surface area contributed by atoms with Crippen molar-refractivity contribution in [2.75, 3.05) is 18.5 Å². The molecule has 3 aromatic rings. The number of amides is 1. The van der Waals surface area contributed by atoms with Gasteiger partial charge in [0.2, 0.25) is 0 Å². The van der Waals surface area contributed by atoms with Gasteiger partial charge in [0.15, 0.2) is 16.4 Å². The summed E-state index contributed by atoms with van der Waals surface area (Å²) in [6, 6.07) is 12.4. The third-order valence-electron chi connectivity index (χ3n) is 4.62. The van der Waals surface area contributed by atoms with Gasteiger partial charge in [0.1, 0.15) is 23.1 Å². The fourth-order valence-corrected chi connectivity index (χ4v) is 4.75. The molecular weight excluding hydrogens is 425 g/mol. The minimum absolute atomic E-state index is 0.206. The van der Waals surface area contributed by atoms with Crippen LogP contribution in [0.25, 0.3) is 5.69 Å². The average Bonchev–Trinajstić information content (AvgIpc) is 3.21. The Hall–Kier alpha value is -3.40. The van der Waals surface area contributed by atoms with Gasteiger partial charge in [-0.2, -0.15) is 5.10 Å². The Labute approximate surface area is 178 Å². The maximum absolute atomic E-state index is 13.3. The number of benzene rings is 2. The minimum Gasteiger partial charge on any atom is -0.494 e. The molecule has 1 amide bonds. The predicted octanol–water partition coefficient (Wildman–Crippen LogP) is 2.86. The van der Waals surface area contributed by atoms with Crippen LogP contribution in [0, 0.1) is 5.82 Å². The van der Waals surface area contributed by atoms with Gasteiger partial charge in [-0.25, -0.2) is 17.5 Å². The molecule has 0 aliphatic carbocycles. The molecule has 1 N–H and O–H groups in total. The number of anilines is 1. The monoisotopic (exact) mass is 445 g/mol. The largest absolute Gasteiger partial charge is 0.494 e. The number of nitrogens with zero attached hydrogens (tertiary/aromatic N) is 2. The number of ether oxygens (including phenoxy) is 2. The first-order valence-electron chi connectivity index (χ1n) is 9.57. The Morgan fingerprint density at radius 1 is 1.06 bits per heavy atom. The smallest absolute Gasteiger partial charge is 0.263 e. The molecule has 8 nitrogen and oxygen atoms in total. The Balaban J connectivity index is 1.52. The van der Waals surface area contributed by atoms with Crippen molar-refractivity contribution < 1.29 is 27.1 Å². The normalized spacial score (nSPS) is 14.1. The van der Waals surface area contributed by atoms with Gasteiger partial charge in [-0.05, 0) is 55.5 Å². The molecular formula is C21H20FN3O5S. The van der Waals surface area contributed by atoms with Crippen molar-refractivity contribution in [1.82, 2.24) is 9.78 Å². The highest BCUT2D eigenvalue weighted by Gasteiger charge is 2.33. The van der Waals surface area contributed by atoms with E-state index in [0.717, 1.165) is 0 Å². The van der Waals surface area contributed by atoms with Crippen molar-refractivity contribution in [2.24, 2.45) is 0 Å². The van der Waals surface area contributed by atoms with E-state index < -0.39 is 21.6 Å². The van der Waals surface area contributed by atoms with Crippen LogP contribution in [0.5, 0.6) is 11.5 Å². The predicted molar refractivity (Wildman–Crippen MR) is 112 cm³/mol. The lowest BCUT2D eigenvalue weighted by molar-refractivity contribution is -0.118. The van der Waals surface area contributed by atoms with Crippen LogP contribution in [0.2, 0.25) is 0 Å². The van der Waals surface area contributed by atoms with Crippen molar-refractivity contribution in [3.63, 3.8) is 0 Å². The first kappa shape index (κ1) is 20.9. The van der Waals surface area contributed by atoms with Crippen LogP contribution in [0.1, 0.15) is 18.2 Å². The molecule has 0 unspecified atom stereocenters. The zero-order chi connectivity index (χ0) is 22.0. The lowest BCUT2D eigenvalue weighted by Gasteiger charge is -2.12. The van der Waals surface area contributed by atoms with Crippen molar-refractivity contribution in [3.8, 4) is 17.2 Å². The zero-order valence-corrected chi connectivity index (χ0v) is 17.5. The van der Waals surface area contributed by atoms with Crippen LogP contribution in [-0.4, -0.2) is 37.3 Å². The number of nitrogens with one attached hydrogen (secondary N) is 1. The maximum atomic E-state index is 13.3. The number of carbonyl (C=O) groups excluding carboxylic acids is 1. The van der Waals surface area contributed by atoms with Crippen molar-refractivity contribution >= 4 is 21.6 Å². The highest BCUT2D eigenvalue weighted by molar-refractivity contribution is 7.90. The molecule has 31 heavy (non-hydrogen) atoms. The van der Waals surface area contributed by atoms with Crippen molar-refractivity contribution in [3.05, 3.63) is 65.6 Å². The van der Waals surface area contributed by atoms with Gasteiger partial charge in [-0.1, -0.05) is 0 Å². The summed E-state index contributed by atoms with van der Waals surface area (Å²) < 4.78 is 49.6. The van der Waals surface area contributed by atoms with E-state index in [9.17, 15) is 17.6 Å². The number of halogens is 1. The van der Waals surface area contributed by atoms with Crippen molar-refractivity contribution in [2.45, 2.75) is 18.4 Å². The van der Waals surface area contributed by atoms with Crippen LogP contribution in [0.4, 0.5) is 10.2 Å². The minimum atomic E-state index is -3.32. The van der Waals surface area contributed by atoms with Crippen LogP contribution in [-0.2, 0) is 26.1 Å². The van der Waals surface area contributed by atoms with Gasteiger partial charge in [-0.15, -0.1) is 0 Å². The van der Waals surface area contributed by atoms with E-state index in [1.165, 1.54) is 28.9 Å². The van der Waals surface area contributed by atoms with Crippen LogP contribution < -0.4 is 14.8 Å². The van der Waals surface area contributed by atoms with Gasteiger partial charge < -0.3 is 14.8 Å². The molecule has 0 radical (unpaired) electrons. The summed E-state index contributed by atoms with van der Waals surface area (Å²) in [5.41, 5.74) is 1.29. The second-order valence-corrected chi connectivity index (χ2v) is 9.00. The van der Waals surface area contributed by atoms with E-state index in [4.69, 9.17) is 9.47 Å². The molecule has 2 aromatic carbocycles. The van der Waals surface area contributed by atoms with Gasteiger partial charge in [-0.3, -0.25) is 4.79 Å². The molecule has 0 fully saturated rings. The number of carbonyl (C=O) groups is 1. The lowest BCUT2D eigenvalue weighted by Crippen LogP contribution is -2.22. The summed E-state index contributed by atoms with van der Waals surface area (Å²) in [7, 11) is -3.32. The summed E-state index contributed by atoms with van der Waals surface area (Å²) in [5.74, 6) is 0.0892. The summed E-state index contributed by atoms with van der Waals surface area (Å²) in [6.07, 6.45) is 0. The molecule has 1 aliphatic rings. The molecule has 10 heteroatoms. The first-order chi connectivity index (χ1) is 14.8. The molecule has 1 aliphatic heterocycles. The van der Waals surface area contributed by atoms with Gasteiger partial charge in [0.25, 0.3) is 5.91 Å². The molecule has 0 atom stereocenters. The third kappa shape index (κ3) is 4.69. The van der Waals surface area contributed by atoms with E-state index in [0.29, 0.717) is 35.1 Å². The highest BCUT2D eigenvalue weighted by Crippen LogP contribution is 2.33. The van der Waals surface area contributed by atoms with Crippen LogP contribution in [0.15, 0.2) is 48.5 Å². The number of sulfone groups is 1. The zero-order valence-electron chi connectivity index (χ0n) is 16.7. The third-order valence-corrected chi connectivity index (χ3v) is 6.06. The molecule has 0 saturated carbocycles. The average molecular weight is 445 g/mol. The highest BCUT2D eigenvalue weighted by atomic mass is 32.2. The number of hydrogen-bond donors (Lipinski definition) is 1. The SMILES string of the molecule is CCOc1ccc(OCC(=O)Nc2c3c(nn2-c2ccc(F)cc2)CS(=O)(=O)C3)cc1. The molecule has 2 heterocycles. The molecule has 0 bridgehead atoms. The second kappa shape index (κ2) is 8.38. The van der Waals surface area contributed by atoms with E-state index in [2.05, 4.69) is 10.4 Å². The van der Waals surface area contributed by atoms with Gasteiger partial charge >= 0.3 is 0 Å². The number of hydrogen-bond acceptors (Lipinski definition) is 6. The number of aromatic nitrogens is 2. The molecule has 4 rings (SSSR count). The quantitative estimate of drug-likeness (QED) is 0.600. The molecule has 0 saturated heterocycles. The fourth-order valence-electron chi connectivity index (χ4n) is 3.26.